The molecule has 0 bridgehead atoms. The smallest absolute Gasteiger partial charge is 0.119 e. The van der Waals surface area contributed by atoms with E-state index in [0.29, 0.717) is 12.1 Å². The van der Waals surface area contributed by atoms with E-state index in [1.54, 1.807) is 0 Å². The van der Waals surface area contributed by atoms with Crippen LogP contribution in [0.5, 0.6) is 5.75 Å². The monoisotopic (exact) mass is 218 g/mol. The zero-order chi connectivity index (χ0) is 10.8. The molecular weight excluding hydrogens is 200 g/mol. The summed E-state index contributed by atoms with van der Waals surface area (Å²) >= 11 is 0. The number of nitrogens with zero attached hydrogens (tertiary/aromatic N) is 1. The summed E-state index contributed by atoms with van der Waals surface area (Å²) in [4.78, 5) is 2.55. The summed E-state index contributed by atoms with van der Waals surface area (Å²) in [5, 5.41) is 3.44. The molecule has 2 heterocycles. The Labute approximate surface area is 96.4 Å². The molecule has 0 unspecified atom stereocenters. The Morgan fingerprint density at radius 3 is 2.94 bits per heavy atom. The van der Waals surface area contributed by atoms with Crippen molar-refractivity contribution in [3.05, 3.63) is 30.3 Å². The first-order valence-corrected chi connectivity index (χ1v) is 6.08. The number of hydrogen-bond acceptors (Lipinski definition) is 3. The number of hydrogen-bond donors (Lipinski definition) is 1. The van der Waals surface area contributed by atoms with E-state index in [4.69, 9.17) is 4.74 Å². The summed E-state index contributed by atoms with van der Waals surface area (Å²) in [5.74, 6) is 1.00. The van der Waals surface area contributed by atoms with Crippen LogP contribution in [0.25, 0.3) is 0 Å². The first-order valence-electron chi connectivity index (χ1n) is 6.08. The lowest BCUT2D eigenvalue weighted by Gasteiger charge is -2.29. The highest BCUT2D eigenvalue weighted by Gasteiger charge is 2.34. The van der Waals surface area contributed by atoms with Crippen molar-refractivity contribution in [3.63, 3.8) is 0 Å². The van der Waals surface area contributed by atoms with Crippen LogP contribution in [-0.4, -0.2) is 43.2 Å². The summed E-state index contributed by atoms with van der Waals surface area (Å²) in [6.45, 7) is 4.49. The van der Waals surface area contributed by atoms with Gasteiger partial charge in [0, 0.05) is 38.6 Å². The number of fused-ring (bicyclic) bond motifs is 1. The molecule has 1 aromatic rings. The third-order valence-electron chi connectivity index (χ3n) is 3.49. The fourth-order valence-corrected chi connectivity index (χ4v) is 2.69. The van der Waals surface area contributed by atoms with E-state index in [1.165, 1.54) is 6.54 Å². The number of benzene rings is 1. The van der Waals surface area contributed by atoms with Gasteiger partial charge in [-0.05, 0) is 12.1 Å². The molecule has 3 nitrogen and oxygen atoms in total. The highest BCUT2D eigenvalue weighted by atomic mass is 16.5. The van der Waals surface area contributed by atoms with Gasteiger partial charge < -0.3 is 10.1 Å². The molecule has 0 amide bonds. The van der Waals surface area contributed by atoms with Crippen LogP contribution in [0, 0.1) is 0 Å². The van der Waals surface area contributed by atoms with Gasteiger partial charge in [0.05, 0.1) is 0 Å². The fraction of sp³-hybridized carbons (Fsp3) is 0.538. The molecule has 1 N–H and O–H groups in total. The summed E-state index contributed by atoms with van der Waals surface area (Å²) in [6, 6.07) is 10.8. The molecule has 0 spiro atoms. The molecule has 2 aliphatic rings. The van der Waals surface area contributed by atoms with Crippen molar-refractivity contribution < 1.29 is 4.74 Å². The van der Waals surface area contributed by atoms with E-state index in [2.05, 4.69) is 10.2 Å². The lowest BCUT2D eigenvalue weighted by Crippen LogP contribution is -2.47. The van der Waals surface area contributed by atoms with E-state index in [-0.39, 0.29) is 0 Å². The Balaban J connectivity index is 1.61. The van der Waals surface area contributed by atoms with Crippen LogP contribution in [0.15, 0.2) is 30.3 Å². The lowest BCUT2D eigenvalue weighted by molar-refractivity contribution is 0.186. The molecule has 1 aromatic carbocycles. The van der Waals surface area contributed by atoms with Crippen LogP contribution in [-0.2, 0) is 0 Å². The minimum Gasteiger partial charge on any atom is -0.489 e. The van der Waals surface area contributed by atoms with E-state index >= 15 is 0 Å². The van der Waals surface area contributed by atoms with Gasteiger partial charge in [-0.25, -0.2) is 0 Å². The molecule has 2 atom stereocenters. The quantitative estimate of drug-likeness (QED) is 0.805. The van der Waals surface area contributed by atoms with Crippen molar-refractivity contribution in [3.8, 4) is 5.75 Å². The number of nitrogens with one attached hydrogen (secondary N) is 1. The first-order chi connectivity index (χ1) is 7.92. The van der Waals surface area contributed by atoms with Crippen LogP contribution in [0.1, 0.15) is 6.42 Å². The van der Waals surface area contributed by atoms with E-state index in [9.17, 15) is 0 Å². The predicted molar refractivity (Wildman–Crippen MR) is 63.7 cm³/mol. The van der Waals surface area contributed by atoms with Crippen LogP contribution in [0.3, 0.4) is 0 Å². The number of ether oxygens (including phenoxy) is 1. The SMILES string of the molecule is c1ccc(O[C@@H]2C[C@@H]3CNCCN3C2)cc1. The molecule has 3 rings (SSSR count). The molecule has 2 fully saturated rings. The average Bonchev–Trinajstić information content (AvgIpc) is 2.72. The van der Waals surface area contributed by atoms with Gasteiger partial charge in [0.1, 0.15) is 11.9 Å². The van der Waals surface area contributed by atoms with Gasteiger partial charge in [-0.15, -0.1) is 0 Å². The molecule has 2 aliphatic heterocycles. The van der Waals surface area contributed by atoms with Crippen molar-refractivity contribution in [1.82, 2.24) is 10.2 Å². The zero-order valence-corrected chi connectivity index (χ0v) is 9.43. The van der Waals surface area contributed by atoms with Crippen molar-refractivity contribution in [2.45, 2.75) is 18.6 Å². The van der Waals surface area contributed by atoms with Crippen molar-refractivity contribution in [2.24, 2.45) is 0 Å². The van der Waals surface area contributed by atoms with Gasteiger partial charge in [-0.2, -0.15) is 0 Å². The molecule has 16 heavy (non-hydrogen) atoms. The second-order valence-electron chi connectivity index (χ2n) is 4.64. The maximum Gasteiger partial charge on any atom is 0.119 e. The molecule has 2 saturated heterocycles. The average molecular weight is 218 g/mol. The maximum absolute atomic E-state index is 6.00. The predicted octanol–water partition coefficient (Wildman–Crippen LogP) is 1.11. The van der Waals surface area contributed by atoms with Crippen LogP contribution < -0.4 is 10.1 Å². The number of para-hydroxylation sites is 1. The molecular formula is C13H18N2O. The Morgan fingerprint density at radius 1 is 1.25 bits per heavy atom. The van der Waals surface area contributed by atoms with Gasteiger partial charge in [0.15, 0.2) is 0 Å². The molecule has 0 saturated carbocycles. The number of piperazine rings is 1. The van der Waals surface area contributed by atoms with Crippen LogP contribution in [0.2, 0.25) is 0 Å². The second kappa shape index (κ2) is 4.44. The first kappa shape index (κ1) is 10.1. The lowest BCUT2D eigenvalue weighted by atomic mass is 10.2. The maximum atomic E-state index is 6.00. The largest absolute Gasteiger partial charge is 0.489 e. The topological polar surface area (TPSA) is 24.5 Å². The molecule has 0 radical (unpaired) electrons. The molecule has 3 heteroatoms. The Hall–Kier alpha value is -1.06. The van der Waals surface area contributed by atoms with E-state index in [1.807, 2.05) is 30.3 Å². The minimum atomic E-state index is 0.368. The van der Waals surface area contributed by atoms with Gasteiger partial charge in [-0.1, -0.05) is 18.2 Å². The fourth-order valence-electron chi connectivity index (χ4n) is 2.69. The Bertz CT molecular complexity index is 327. The molecule has 86 valence electrons. The summed E-state index contributed by atoms with van der Waals surface area (Å²) in [5.41, 5.74) is 0. The number of rotatable bonds is 2. The Morgan fingerprint density at radius 2 is 2.12 bits per heavy atom. The van der Waals surface area contributed by atoms with E-state index in [0.717, 1.165) is 31.8 Å². The highest BCUT2D eigenvalue weighted by Crippen LogP contribution is 2.23. The second-order valence-corrected chi connectivity index (χ2v) is 4.64. The van der Waals surface area contributed by atoms with E-state index < -0.39 is 0 Å². The summed E-state index contributed by atoms with van der Waals surface area (Å²) in [6.07, 6.45) is 1.52. The van der Waals surface area contributed by atoms with Crippen LogP contribution in [0.4, 0.5) is 0 Å². The Kier molecular flexibility index (Phi) is 2.80. The van der Waals surface area contributed by atoms with Gasteiger partial charge >= 0.3 is 0 Å². The normalized spacial score (nSPS) is 30.0. The zero-order valence-electron chi connectivity index (χ0n) is 9.43. The summed E-state index contributed by atoms with van der Waals surface area (Å²) in [7, 11) is 0. The summed E-state index contributed by atoms with van der Waals surface area (Å²) < 4.78 is 6.00. The van der Waals surface area contributed by atoms with Gasteiger partial charge in [0.25, 0.3) is 0 Å². The minimum absolute atomic E-state index is 0.368. The third-order valence-corrected chi connectivity index (χ3v) is 3.49. The van der Waals surface area contributed by atoms with Crippen molar-refractivity contribution in [2.75, 3.05) is 26.2 Å². The van der Waals surface area contributed by atoms with Gasteiger partial charge in [-0.3, -0.25) is 4.90 Å². The van der Waals surface area contributed by atoms with Gasteiger partial charge in [0.2, 0.25) is 0 Å². The molecule has 0 aliphatic carbocycles. The van der Waals surface area contributed by atoms with Crippen molar-refractivity contribution >= 4 is 0 Å². The standard InChI is InChI=1S/C13H18N2O/c1-2-4-12(5-3-1)16-13-8-11-9-14-6-7-15(11)10-13/h1-5,11,13-14H,6-10H2/t11-,13-/m1/s1. The van der Waals surface area contributed by atoms with Crippen molar-refractivity contribution in [1.29, 1.82) is 0 Å². The molecule has 0 aromatic heterocycles. The van der Waals surface area contributed by atoms with Crippen LogP contribution >= 0.6 is 0 Å². The highest BCUT2D eigenvalue weighted by molar-refractivity contribution is 5.21. The third kappa shape index (κ3) is 2.06.